The molecule has 0 radical (unpaired) electrons. The molecule has 1 aromatic carbocycles. The van der Waals surface area contributed by atoms with Crippen LogP contribution in [0.2, 0.25) is 0 Å². The summed E-state index contributed by atoms with van der Waals surface area (Å²) >= 11 is 1.82. The van der Waals surface area contributed by atoms with Crippen LogP contribution in [0.1, 0.15) is 29.4 Å². The molecular weight excluding hydrogens is 176 g/mol. The van der Waals surface area contributed by atoms with Crippen molar-refractivity contribution >= 4 is 11.8 Å². The Morgan fingerprint density at radius 2 is 2.23 bits per heavy atom. The van der Waals surface area contributed by atoms with E-state index in [0.717, 1.165) is 18.6 Å². The van der Waals surface area contributed by atoms with E-state index in [9.17, 15) is 0 Å². The summed E-state index contributed by atoms with van der Waals surface area (Å²) < 4.78 is 14.5. The molecule has 0 aromatic heterocycles. The zero-order valence-electron chi connectivity index (χ0n) is 9.91. The van der Waals surface area contributed by atoms with Gasteiger partial charge in [0.25, 0.3) is 0 Å². The molecule has 1 aromatic rings. The van der Waals surface area contributed by atoms with Gasteiger partial charge in [0.15, 0.2) is 0 Å². The molecule has 0 amide bonds. The van der Waals surface area contributed by atoms with Gasteiger partial charge in [-0.05, 0) is 18.1 Å². The van der Waals surface area contributed by atoms with Crippen LogP contribution >= 0.6 is 11.8 Å². The van der Waals surface area contributed by atoms with Gasteiger partial charge in [0.1, 0.15) is 0 Å². The number of benzene rings is 1. The second kappa shape index (κ2) is 6.09. The highest BCUT2D eigenvalue weighted by Crippen LogP contribution is 2.21. The van der Waals surface area contributed by atoms with Crippen molar-refractivity contribution in [2.45, 2.75) is 31.5 Å². The van der Waals surface area contributed by atoms with Gasteiger partial charge in [0.05, 0.1) is 0 Å². The Bertz CT molecular complexity index is 251. The SMILES string of the molecule is [2H]CCCC(C[2H])CSc1ccccc1. The molecule has 1 heteroatoms. The lowest BCUT2D eigenvalue weighted by Crippen LogP contribution is -1.96. The van der Waals surface area contributed by atoms with Crippen molar-refractivity contribution in [1.82, 2.24) is 0 Å². The molecule has 0 aliphatic rings. The van der Waals surface area contributed by atoms with Crippen molar-refractivity contribution in [3.8, 4) is 0 Å². The normalized spacial score (nSPS) is 14.8. The lowest BCUT2D eigenvalue weighted by atomic mass is 10.1. The van der Waals surface area contributed by atoms with Crippen LogP contribution in [-0.4, -0.2) is 5.75 Å². The molecule has 0 fully saturated rings. The van der Waals surface area contributed by atoms with Gasteiger partial charge in [-0.1, -0.05) is 44.8 Å². The van der Waals surface area contributed by atoms with Gasteiger partial charge < -0.3 is 0 Å². The first-order valence-electron chi connectivity index (χ1n) is 6.04. The first-order valence-corrected chi connectivity index (χ1v) is 5.61. The molecule has 1 rings (SSSR count). The lowest BCUT2D eigenvalue weighted by Gasteiger charge is -2.08. The summed E-state index contributed by atoms with van der Waals surface area (Å²) in [5.41, 5.74) is 0. The van der Waals surface area contributed by atoms with Crippen LogP contribution in [0.25, 0.3) is 0 Å². The Morgan fingerprint density at radius 3 is 2.92 bits per heavy atom. The first kappa shape index (κ1) is 7.93. The zero-order valence-corrected chi connectivity index (χ0v) is 8.72. The van der Waals surface area contributed by atoms with Crippen LogP contribution < -0.4 is 0 Å². The van der Waals surface area contributed by atoms with E-state index in [-0.39, 0.29) is 0 Å². The monoisotopic (exact) mass is 196 g/mol. The first-order chi connectivity index (χ1) is 7.36. The minimum Gasteiger partial charge on any atom is -0.126 e. The lowest BCUT2D eigenvalue weighted by molar-refractivity contribution is 0.585. The Morgan fingerprint density at radius 1 is 1.38 bits per heavy atom. The molecule has 72 valence electrons. The van der Waals surface area contributed by atoms with Crippen molar-refractivity contribution < 1.29 is 2.74 Å². The third-order valence-corrected chi connectivity index (χ3v) is 3.08. The summed E-state index contributed by atoms with van der Waals surface area (Å²) in [5, 5.41) is 0. The summed E-state index contributed by atoms with van der Waals surface area (Å²) in [6.07, 6.45) is 1.95. The van der Waals surface area contributed by atoms with Gasteiger partial charge in [0, 0.05) is 13.4 Å². The molecule has 0 N–H and O–H groups in total. The Labute approximate surface area is 88.6 Å². The van der Waals surface area contributed by atoms with Crippen molar-refractivity contribution in [3.05, 3.63) is 30.3 Å². The summed E-state index contributed by atoms with van der Waals surface area (Å²) in [5.74, 6) is 1.45. The minimum absolute atomic E-state index is 0.445. The van der Waals surface area contributed by atoms with Crippen molar-refractivity contribution in [1.29, 1.82) is 0 Å². The number of hydrogen-bond acceptors (Lipinski definition) is 1. The highest BCUT2D eigenvalue weighted by atomic mass is 32.2. The second-order valence-corrected chi connectivity index (χ2v) is 4.23. The third kappa shape index (κ3) is 4.37. The van der Waals surface area contributed by atoms with Crippen LogP contribution in [0, 0.1) is 5.92 Å². The van der Waals surface area contributed by atoms with Crippen LogP contribution in [0.15, 0.2) is 35.2 Å². The van der Waals surface area contributed by atoms with Gasteiger partial charge in [-0.15, -0.1) is 11.8 Å². The van der Waals surface area contributed by atoms with Gasteiger partial charge in [-0.3, -0.25) is 0 Å². The fourth-order valence-corrected chi connectivity index (χ4v) is 2.05. The van der Waals surface area contributed by atoms with Gasteiger partial charge in [-0.25, -0.2) is 0 Å². The number of hydrogen-bond donors (Lipinski definition) is 0. The molecule has 0 spiro atoms. The van der Waals surface area contributed by atoms with Gasteiger partial charge in [0.2, 0.25) is 0 Å². The summed E-state index contributed by atoms with van der Waals surface area (Å²) in [6, 6.07) is 10.3. The van der Waals surface area contributed by atoms with Crippen molar-refractivity contribution in [2.24, 2.45) is 5.92 Å². The Balaban J connectivity index is 2.28. The van der Waals surface area contributed by atoms with E-state index < -0.39 is 0 Å². The van der Waals surface area contributed by atoms with E-state index in [0.29, 0.717) is 19.7 Å². The highest BCUT2D eigenvalue weighted by Gasteiger charge is 2.00. The van der Waals surface area contributed by atoms with E-state index in [1.54, 1.807) is 0 Å². The zero-order chi connectivity index (χ0) is 10.9. The van der Waals surface area contributed by atoms with Crippen molar-refractivity contribution in [2.75, 3.05) is 5.75 Å². The Hall–Kier alpha value is -0.430. The molecule has 0 nitrogen and oxygen atoms in total. The van der Waals surface area contributed by atoms with Crippen LogP contribution in [0.4, 0.5) is 0 Å². The fourth-order valence-electron chi connectivity index (χ4n) is 1.10. The van der Waals surface area contributed by atoms with E-state index in [1.165, 1.54) is 4.90 Å². The summed E-state index contributed by atoms with van der Waals surface area (Å²) in [6.45, 7) is 0.979. The standard InChI is InChI=1S/C12H18S/c1-3-7-11(2)10-13-12-8-5-4-6-9-12/h4-6,8-9,11H,3,7,10H2,1-2H3/i1D,2D. The molecule has 0 heterocycles. The predicted octanol–water partition coefficient (Wildman–Crippen LogP) is 4.21. The van der Waals surface area contributed by atoms with E-state index in [2.05, 4.69) is 12.1 Å². The van der Waals surface area contributed by atoms with E-state index >= 15 is 0 Å². The minimum atomic E-state index is 0.445. The molecule has 1 unspecified atom stereocenters. The largest absolute Gasteiger partial charge is 0.126 e. The van der Waals surface area contributed by atoms with Crippen LogP contribution in [0.3, 0.4) is 0 Å². The summed E-state index contributed by atoms with van der Waals surface area (Å²) in [4.78, 5) is 1.28. The molecule has 13 heavy (non-hydrogen) atoms. The van der Waals surface area contributed by atoms with Crippen molar-refractivity contribution in [3.63, 3.8) is 0 Å². The van der Waals surface area contributed by atoms with E-state index in [4.69, 9.17) is 2.74 Å². The predicted molar refractivity (Wildman–Crippen MR) is 61.2 cm³/mol. The highest BCUT2D eigenvalue weighted by molar-refractivity contribution is 7.99. The number of rotatable bonds is 5. The maximum atomic E-state index is 7.43. The molecule has 0 bridgehead atoms. The number of thioether (sulfide) groups is 1. The summed E-state index contributed by atoms with van der Waals surface area (Å²) in [7, 11) is 0. The quantitative estimate of drug-likeness (QED) is 0.636. The molecule has 0 saturated carbocycles. The van der Waals surface area contributed by atoms with Crippen LogP contribution in [0.5, 0.6) is 0 Å². The second-order valence-electron chi connectivity index (χ2n) is 3.13. The maximum Gasteiger partial charge on any atom is 0.0233 e. The Kier molecular flexibility index (Phi) is 3.71. The molecular formula is C12H18S. The molecule has 0 saturated heterocycles. The topological polar surface area (TPSA) is 0 Å². The maximum absolute atomic E-state index is 7.43. The van der Waals surface area contributed by atoms with Gasteiger partial charge >= 0.3 is 0 Å². The van der Waals surface area contributed by atoms with E-state index in [1.807, 2.05) is 30.0 Å². The van der Waals surface area contributed by atoms with Gasteiger partial charge in [-0.2, -0.15) is 0 Å². The molecule has 0 aliphatic heterocycles. The van der Waals surface area contributed by atoms with Crippen LogP contribution in [-0.2, 0) is 0 Å². The third-order valence-electron chi connectivity index (χ3n) is 1.84. The fraction of sp³-hybridized carbons (Fsp3) is 0.500. The molecule has 0 aliphatic carbocycles. The smallest absolute Gasteiger partial charge is 0.0233 e. The average molecular weight is 196 g/mol. The molecule has 1 atom stereocenters. The average Bonchev–Trinajstić information content (AvgIpc) is 2.31.